The second kappa shape index (κ2) is 7.59. The monoisotopic (exact) mass is 366 g/mol. The number of hydrogen-bond acceptors (Lipinski definition) is 2. The molecule has 0 aliphatic heterocycles. The molecule has 0 atom stereocenters. The van der Waals surface area contributed by atoms with E-state index in [-0.39, 0.29) is 5.91 Å². The van der Waals surface area contributed by atoms with E-state index in [9.17, 15) is 4.79 Å². The molecule has 5 heteroatoms. The molecule has 0 aliphatic rings. The van der Waals surface area contributed by atoms with Crippen molar-refractivity contribution in [3.8, 4) is 0 Å². The molecule has 2 aromatic rings. The van der Waals surface area contributed by atoms with Crippen LogP contribution in [0, 0.1) is 0 Å². The van der Waals surface area contributed by atoms with Crippen molar-refractivity contribution < 1.29 is 4.79 Å². The Bertz CT molecular complexity index is 629. The highest BCUT2D eigenvalue weighted by molar-refractivity contribution is 9.10. The lowest BCUT2D eigenvalue weighted by atomic mass is 10.1. The molecule has 21 heavy (non-hydrogen) atoms. The average Bonchev–Trinajstić information content (AvgIpc) is 2.51. The fraction of sp³-hybridized carbons (Fsp3) is 0.188. The fourth-order valence-electron chi connectivity index (χ4n) is 1.92. The van der Waals surface area contributed by atoms with Gasteiger partial charge in [0.05, 0.1) is 5.02 Å². The van der Waals surface area contributed by atoms with Crippen molar-refractivity contribution >= 4 is 33.4 Å². The van der Waals surface area contributed by atoms with Gasteiger partial charge in [-0.15, -0.1) is 0 Å². The van der Waals surface area contributed by atoms with E-state index >= 15 is 0 Å². The number of carbonyl (C=O) groups excluding carboxylic acids is 1. The van der Waals surface area contributed by atoms with Gasteiger partial charge in [0.1, 0.15) is 0 Å². The summed E-state index contributed by atoms with van der Waals surface area (Å²) in [5.74, 6) is -0.0690. The summed E-state index contributed by atoms with van der Waals surface area (Å²) in [6.45, 7) is 1.50. The van der Waals surface area contributed by atoms with Gasteiger partial charge in [-0.25, -0.2) is 0 Å². The summed E-state index contributed by atoms with van der Waals surface area (Å²) in [7, 11) is 1.63. The van der Waals surface area contributed by atoms with E-state index in [1.807, 2.05) is 42.5 Å². The van der Waals surface area contributed by atoms with Crippen LogP contribution in [0.15, 0.2) is 46.9 Å². The van der Waals surface area contributed by atoms with E-state index in [2.05, 4.69) is 26.6 Å². The molecule has 0 unspecified atom stereocenters. The van der Waals surface area contributed by atoms with Crippen LogP contribution in [0.5, 0.6) is 0 Å². The third kappa shape index (κ3) is 4.56. The highest BCUT2D eigenvalue weighted by atomic mass is 79.9. The zero-order valence-corrected chi connectivity index (χ0v) is 14.0. The summed E-state index contributed by atoms with van der Waals surface area (Å²) < 4.78 is 0.901. The van der Waals surface area contributed by atoms with Crippen LogP contribution < -0.4 is 10.6 Å². The zero-order chi connectivity index (χ0) is 15.2. The largest absolute Gasteiger partial charge is 0.355 e. The van der Waals surface area contributed by atoms with Crippen LogP contribution in [0.2, 0.25) is 5.02 Å². The third-order valence-corrected chi connectivity index (χ3v) is 4.30. The molecule has 0 aromatic heterocycles. The predicted octanol–water partition coefficient (Wildman–Crippen LogP) is 3.75. The minimum atomic E-state index is -0.0690. The quantitative estimate of drug-likeness (QED) is 0.845. The van der Waals surface area contributed by atoms with Gasteiger partial charge in [-0.2, -0.15) is 0 Å². The number of hydrogen-bond donors (Lipinski definition) is 2. The number of halogens is 2. The van der Waals surface area contributed by atoms with Gasteiger partial charge >= 0.3 is 0 Å². The van der Waals surface area contributed by atoms with Crippen molar-refractivity contribution in [1.29, 1.82) is 0 Å². The van der Waals surface area contributed by atoms with Gasteiger partial charge in [0, 0.05) is 30.2 Å². The first kappa shape index (κ1) is 16.0. The molecule has 0 aliphatic carbocycles. The van der Waals surface area contributed by atoms with Crippen molar-refractivity contribution in [3.05, 3.63) is 68.7 Å². The van der Waals surface area contributed by atoms with Crippen molar-refractivity contribution in [2.24, 2.45) is 0 Å². The van der Waals surface area contributed by atoms with Gasteiger partial charge in [-0.1, -0.05) is 29.8 Å². The summed E-state index contributed by atoms with van der Waals surface area (Å²) in [4.78, 5) is 11.4. The van der Waals surface area contributed by atoms with Gasteiger partial charge in [-0.05, 0) is 51.3 Å². The Labute approximate surface area is 137 Å². The number of nitrogens with one attached hydrogen (secondary N) is 2. The van der Waals surface area contributed by atoms with Gasteiger partial charge in [0.25, 0.3) is 5.91 Å². The summed E-state index contributed by atoms with van der Waals surface area (Å²) in [5, 5.41) is 6.68. The number of amides is 1. The third-order valence-electron chi connectivity index (χ3n) is 3.09. The Morgan fingerprint density at radius 3 is 2.33 bits per heavy atom. The van der Waals surface area contributed by atoms with Gasteiger partial charge in [-0.3, -0.25) is 4.79 Å². The number of rotatable bonds is 5. The molecule has 110 valence electrons. The maximum atomic E-state index is 11.4. The first-order valence-electron chi connectivity index (χ1n) is 6.56. The standard InChI is InChI=1S/C16H16BrClN2O/c1-19-16(21)13-5-2-11(3-6-13)9-20-10-12-4-7-15(18)14(17)8-12/h2-8,20H,9-10H2,1H3,(H,19,21). The lowest BCUT2D eigenvalue weighted by molar-refractivity contribution is 0.0963. The normalized spacial score (nSPS) is 10.4. The highest BCUT2D eigenvalue weighted by Crippen LogP contribution is 2.23. The Balaban J connectivity index is 1.88. The SMILES string of the molecule is CNC(=O)c1ccc(CNCc2ccc(Cl)c(Br)c2)cc1. The van der Waals surface area contributed by atoms with E-state index in [1.54, 1.807) is 7.05 Å². The maximum absolute atomic E-state index is 11.4. The van der Waals surface area contributed by atoms with E-state index in [4.69, 9.17) is 11.6 Å². The molecule has 0 heterocycles. The Hall–Kier alpha value is -1.36. The van der Waals surface area contributed by atoms with Crippen LogP contribution >= 0.6 is 27.5 Å². The summed E-state index contributed by atoms with van der Waals surface area (Å²) in [6, 6.07) is 13.4. The molecule has 1 amide bonds. The Kier molecular flexibility index (Phi) is 5.79. The maximum Gasteiger partial charge on any atom is 0.251 e. The molecule has 2 rings (SSSR count). The molecule has 0 radical (unpaired) electrons. The van der Waals surface area contributed by atoms with Crippen molar-refractivity contribution in [2.45, 2.75) is 13.1 Å². The van der Waals surface area contributed by atoms with E-state index in [0.29, 0.717) is 10.6 Å². The summed E-state index contributed by atoms with van der Waals surface area (Å²) in [5.41, 5.74) is 2.96. The van der Waals surface area contributed by atoms with Crippen LogP contribution in [0.4, 0.5) is 0 Å². The van der Waals surface area contributed by atoms with Crippen molar-refractivity contribution in [3.63, 3.8) is 0 Å². The van der Waals surface area contributed by atoms with Gasteiger partial charge < -0.3 is 10.6 Å². The molecule has 2 N–H and O–H groups in total. The molecule has 0 saturated carbocycles. The van der Waals surface area contributed by atoms with Gasteiger partial charge in [0.15, 0.2) is 0 Å². The minimum absolute atomic E-state index is 0.0690. The molecular formula is C16H16BrClN2O. The smallest absolute Gasteiger partial charge is 0.251 e. The highest BCUT2D eigenvalue weighted by Gasteiger charge is 2.02. The molecule has 3 nitrogen and oxygen atoms in total. The minimum Gasteiger partial charge on any atom is -0.355 e. The fourth-order valence-corrected chi connectivity index (χ4v) is 2.46. The van der Waals surface area contributed by atoms with E-state index in [0.717, 1.165) is 28.7 Å². The Morgan fingerprint density at radius 2 is 1.71 bits per heavy atom. The van der Waals surface area contributed by atoms with Crippen LogP contribution in [0.25, 0.3) is 0 Å². The van der Waals surface area contributed by atoms with Crippen LogP contribution in [-0.2, 0) is 13.1 Å². The number of carbonyl (C=O) groups is 1. The summed E-state index contributed by atoms with van der Waals surface area (Å²) >= 11 is 9.38. The van der Waals surface area contributed by atoms with E-state index < -0.39 is 0 Å². The second-order valence-corrected chi connectivity index (χ2v) is 5.89. The summed E-state index contributed by atoms with van der Waals surface area (Å²) in [6.07, 6.45) is 0. The molecular weight excluding hydrogens is 352 g/mol. The number of benzene rings is 2. The van der Waals surface area contributed by atoms with Crippen LogP contribution in [0.1, 0.15) is 21.5 Å². The lowest BCUT2D eigenvalue weighted by Crippen LogP contribution is -2.18. The zero-order valence-electron chi connectivity index (χ0n) is 11.6. The van der Waals surface area contributed by atoms with Crippen LogP contribution in [-0.4, -0.2) is 13.0 Å². The first-order chi connectivity index (χ1) is 10.1. The first-order valence-corrected chi connectivity index (χ1v) is 7.73. The Morgan fingerprint density at radius 1 is 1.10 bits per heavy atom. The molecule has 0 fully saturated rings. The predicted molar refractivity (Wildman–Crippen MR) is 89.5 cm³/mol. The van der Waals surface area contributed by atoms with Crippen molar-refractivity contribution in [2.75, 3.05) is 7.05 Å². The van der Waals surface area contributed by atoms with Gasteiger partial charge in [0.2, 0.25) is 0 Å². The average molecular weight is 368 g/mol. The second-order valence-electron chi connectivity index (χ2n) is 4.63. The molecule has 0 saturated heterocycles. The topological polar surface area (TPSA) is 41.1 Å². The lowest BCUT2D eigenvalue weighted by Gasteiger charge is -2.07. The van der Waals surface area contributed by atoms with E-state index in [1.165, 1.54) is 0 Å². The molecule has 2 aromatic carbocycles. The van der Waals surface area contributed by atoms with Crippen LogP contribution in [0.3, 0.4) is 0 Å². The molecule has 0 spiro atoms. The molecule has 0 bridgehead atoms. The van der Waals surface area contributed by atoms with Crippen molar-refractivity contribution in [1.82, 2.24) is 10.6 Å².